The fourth-order valence-corrected chi connectivity index (χ4v) is 5.11. The summed E-state index contributed by atoms with van der Waals surface area (Å²) in [5.41, 5.74) is 0.635. The Labute approximate surface area is 175 Å². The van der Waals surface area contributed by atoms with Crippen LogP contribution in [0.1, 0.15) is 63.4 Å². The molecule has 160 valence electrons. The van der Waals surface area contributed by atoms with Gasteiger partial charge in [0.2, 0.25) is 5.91 Å². The summed E-state index contributed by atoms with van der Waals surface area (Å²) in [6.45, 7) is 5.64. The normalized spacial score (nSPS) is 22.6. The second-order valence-electron chi connectivity index (χ2n) is 8.92. The van der Waals surface area contributed by atoms with Gasteiger partial charge in [-0.2, -0.15) is 0 Å². The summed E-state index contributed by atoms with van der Waals surface area (Å²) in [6, 6.07) is 8.60. The molecule has 1 aliphatic carbocycles. The van der Waals surface area contributed by atoms with Crippen molar-refractivity contribution >= 4 is 5.91 Å². The van der Waals surface area contributed by atoms with Crippen LogP contribution in [0.3, 0.4) is 0 Å². The van der Waals surface area contributed by atoms with Crippen LogP contribution in [0.15, 0.2) is 24.3 Å². The van der Waals surface area contributed by atoms with Gasteiger partial charge in [-0.3, -0.25) is 4.79 Å². The number of amides is 1. The molecule has 29 heavy (non-hydrogen) atoms. The summed E-state index contributed by atoms with van der Waals surface area (Å²) in [5.74, 6) is 1.08. The fourth-order valence-electron chi connectivity index (χ4n) is 5.11. The molecule has 0 radical (unpaired) electrons. The Bertz CT molecular complexity index is 643. The first-order valence-corrected chi connectivity index (χ1v) is 11.6. The SMILES string of the molecule is O=C(NC1CCCC1)C1(c2ccc(OCCCN3CCCC3)cc2)CCOCC1. The Balaban J connectivity index is 1.35. The second kappa shape index (κ2) is 9.94. The second-order valence-corrected chi connectivity index (χ2v) is 8.92. The first-order valence-electron chi connectivity index (χ1n) is 11.6. The van der Waals surface area contributed by atoms with Gasteiger partial charge in [0.05, 0.1) is 12.0 Å². The van der Waals surface area contributed by atoms with E-state index in [2.05, 4.69) is 22.3 Å². The summed E-state index contributed by atoms with van der Waals surface area (Å²) < 4.78 is 11.5. The molecular weight excluding hydrogens is 364 g/mol. The molecule has 3 fully saturated rings. The van der Waals surface area contributed by atoms with Crippen molar-refractivity contribution in [1.82, 2.24) is 10.2 Å². The molecule has 0 bridgehead atoms. The maximum Gasteiger partial charge on any atom is 0.231 e. The molecule has 2 saturated heterocycles. The molecule has 3 aliphatic rings. The van der Waals surface area contributed by atoms with Crippen molar-refractivity contribution in [3.8, 4) is 5.75 Å². The topological polar surface area (TPSA) is 50.8 Å². The molecule has 0 atom stereocenters. The first kappa shape index (κ1) is 20.7. The standard InChI is InChI=1S/C24H36N2O3/c27-23(25-21-6-1-2-7-21)24(12-18-28-19-13-24)20-8-10-22(11-9-20)29-17-5-16-26-14-3-4-15-26/h8-11,21H,1-7,12-19H2,(H,25,27). The number of ether oxygens (including phenoxy) is 2. The third kappa shape index (κ3) is 5.13. The van der Waals surface area contributed by atoms with Crippen molar-refractivity contribution < 1.29 is 14.3 Å². The van der Waals surface area contributed by atoms with E-state index < -0.39 is 5.41 Å². The predicted octanol–water partition coefficient (Wildman–Crippen LogP) is 3.66. The summed E-state index contributed by atoms with van der Waals surface area (Å²) in [6.07, 6.45) is 9.92. The van der Waals surface area contributed by atoms with Gasteiger partial charge < -0.3 is 19.7 Å². The van der Waals surface area contributed by atoms with E-state index in [-0.39, 0.29) is 5.91 Å². The maximum atomic E-state index is 13.3. The number of likely N-dealkylation sites (tertiary alicyclic amines) is 1. The number of nitrogens with one attached hydrogen (secondary N) is 1. The molecule has 2 aliphatic heterocycles. The highest BCUT2D eigenvalue weighted by Crippen LogP contribution is 2.36. The number of hydrogen-bond acceptors (Lipinski definition) is 4. The van der Waals surface area contributed by atoms with Crippen LogP contribution in [0.2, 0.25) is 0 Å². The lowest BCUT2D eigenvalue weighted by atomic mass is 9.73. The molecule has 0 aromatic heterocycles. The molecule has 1 amide bonds. The van der Waals surface area contributed by atoms with E-state index >= 15 is 0 Å². The van der Waals surface area contributed by atoms with Gasteiger partial charge in [-0.05, 0) is 75.7 Å². The van der Waals surface area contributed by atoms with Crippen LogP contribution in [0.5, 0.6) is 5.75 Å². The van der Waals surface area contributed by atoms with Crippen LogP contribution in [0.4, 0.5) is 0 Å². The van der Waals surface area contributed by atoms with Gasteiger partial charge in [0.1, 0.15) is 5.75 Å². The van der Waals surface area contributed by atoms with Crippen LogP contribution in [-0.4, -0.2) is 56.3 Å². The summed E-state index contributed by atoms with van der Waals surface area (Å²) in [5, 5.41) is 3.34. The van der Waals surface area contributed by atoms with E-state index in [4.69, 9.17) is 9.47 Å². The Kier molecular flexibility index (Phi) is 7.09. The minimum Gasteiger partial charge on any atom is -0.494 e. The highest BCUT2D eigenvalue weighted by molar-refractivity contribution is 5.88. The largest absolute Gasteiger partial charge is 0.494 e. The molecule has 1 aromatic rings. The smallest absolute Gasteiger partial charge is 0.231 e. The zero-order chi connectivity index (χ0) is 19.9. The zero-order valence-electron chi connectivity index (χ0n) is 17.7. The Morgan fingerprint density at radius 1 is 1.07 bits per heavy atom. The van der Waals surface area contributed by atoms with E-state index in [0.29, 0.717) is 19.3 Å². The van der Waals surface area contributed by atoms with E-state index in [1.165, 1.54) is 38.8 Å². The lowest BCUT2D eigenvalue weighted by Crippen LogP contribution is -2.50. The molecular formula is C24H36N2O3. The molecule has 4 rings (SSSR count). The van der Waals surface area contributed by atoms with Gasteiger partial charge in [-0.1, -0.05) is 25.0 Å². The number of hydrogen-bond donors (Lipinski definition) is 1. The molecule has 1 saturated carbocycles. The van der Waals surface area contributed by atoms with E-state index in [1.807, 2.05) is 12.1 Å². The molecule has 1 aromatic carbocycles. The van der Waals surface area contributed by atoms with E-state index in [0.717, 1.165) is 56.6 Å². The monoisotopic (exact) mass is 400 g/mol. The molecule has 0 unspecified atom stereocenters. The lowest BCUT2D eigenvalue weighted by molar-refractivity contribution is -0.131. The third-order valence-corrected chi connectivity index (χ3v) is 6.96. The molecule has 1 N–H and O–H groups in total. The highest BCUT2D eigenvalue weighted by atomic mass is 16.5. The number of benzene rings is 1. The summed E-state index contributed by atoms with van der Waals surface area (Å²) >= 11 is 0. The zero-order valence-corrected chi connectivity index (χ0v) is 17.7. The van der Waals surface area contributed by atoms with Crippen LogP contribution in [0.25, 0.3) is 0 Å². The predicted molar refractivity (Wildman–Crippen MR) is 114 cm³/mol. The van der Waals surface area contributed by atoms with Crippen LogP contribution < -0.4 is 10.1 Å². The van der Waals surface area contributed by atoms with Crippen molar-refractivity contribution in [2.45, 2.75) is 69.2 Å². The van der Waals surface area contributed by atoms with Crippen molar-refractivity contribution in [2.75, 3.05) is 39.5 Å². The quantitative estimate of drug-likeness (QED) is 0.677. The fraction of sp³-hybridized carbons (Fsp3) is 0.708. The third-order valence-electron chi connectivity index (χ3n) is 6.96. The van der Waals surface area contributed by atoms with Crippen molar-refractivity contribution in [3.05, 3.63) is 29.8 Å². The van der Waals surface area contributed by atoms with Crippen LogP contribution in [-0.2, 0) is 14.9 Å². The Hall–Kier alpha value is -1.59. The van der Waals surface area contributed by atoms with Crippen molar-refractivity contribution in [2.24, 2.45) is 0 Å². The van der Waals surface area contributed by atoms with Crippen LogP contribution in [0, 0.1) is 0 Å². The van der Waals surface area contributed by atoms with Crippen molar-refractivity contribution in [1.29, 1.82) is 0 Å². The average Bonchev–Trinajstić information content (AvgIpc) is 3.46. The molecule has 2 heterocycles. The minimum absolute atomic E-state index is 0.187. The van der Waals surface area contributed by atoms with E-state index in [9.17, 15) is 4.79 Å². The van der Waals surface area contributed by atoms with Gasteiger partial charge in [0, 0.05) is 25.8 Å². The van der Waals surface area contributed by atoms with E-state index in [1.54, 1.807) is 0 Å². The first-order chi connectivity index (χ1) is 14.3. The highest BCUT2D eigenvalue weighted by Gasteiger charge is 2.42. The number of rotatable bonds is 8. The number of nitrogens with zero attached hydrogens (tertiary/aromatic N) is 1. The average molecular weight is 401 g/mol. The van der Waals surface area contributed by atoms with Gasteiger partial charge in [-0.25, -0.2) is 0 Å². The van der Waals surface area contributed by atoms with Crippen LogP contribution >= 0.6 is 0 Å². The maximum absolute atomic E-state index is 13.3. The lowest BCUT2D eigenvalue weighted by Gasteiger charge is -2.37. The minimum atomic E-state index is -0.463. The number of carbonyl (C=O) groups is 1. The molecule has 0 spiro atoms. The number of carbonyl (C=O) groups excluding carboxylic acids is 1. The van der Waals surface area contributed by atoms with Gasteiger partial charge in [0.15, 0.2) is 0 Å². The van der Waals surface area contributed by atoms with Gasteiger partial charge in [0.25, 0.3) is 0 Å². The van der Waals surface area contributed by atoms with Crippen molar-refractivity contribution in [3.63, 3.8) is 0 Å². The Morgan fingerprint density at radius 3 is 2.45 bits per heavy atom. The Morgan fingerprint density at radius 2 is 1.76 bits per heavy atom. The van der Waals surface area contributed by atoms with Gasteiger partial charge >= 0.3 is 0 Å². The summed E-state index contributed by atoms with van der Waals surface area (Å²) in [7, 11) is 0. The van der Waals surface area contributed by atoms with Gasteiger partial charge in [-0.15, -0.1) is 0 Å². The molecule has 5 heteroatoms. The summed E-state index contributed by atoms with van der Waals surface area (Å²) in [4.78, 5) is 15.8. The molecule has 5 nitrogen and oxygen atoms in total.